The molecule has 0 N–H and O–H groups in total. The Morgan fingerprint density at radius 1 is 1.27 bits per heavy atom. The fourth-order valence-electron chi connectivity index (χ4n) is 3.14. The monoisotopic (exact) mass is 354 g/mol. The number of hydrogen-bond acceptors (Lipinski definition) is 4. The van der Waals surface area contributed by atoms with Crippen LogP contribution < -0.4 is 14.4 Å². The number of carbonyl (C=O) groups excluding carboxylic acids is 1. The van der Waals surface area contributed by atoms with Gasteiger partial charge in [0.25, 0.3) is 5.91 Å². The van der Waals surface area contributed by atoms with E-state index in [0.29, 0.717) is 12.3 Å². The number of nitrogens with zero attached hydrogens (tertiary/aromatic N) is 2. The molecule has 1 atom stereocenters. The van der Waals surface area contributed by atoms with Crippen molar-refractivity contribution in [3.63, 3.8) is 0 Å². The number of amides is 1. The van der Waals surface area contributed by atoms with Crippen LogP contribution in [0.4, 0.5) is 5.69 Å². The van der Waals surface area contributed by atoms with Crippen molar-refractivity contribution in [2.24, 2.45) is 0 Å². The molecular weight excluding hydrogens is 328 g/mol. The summed E-state index contributed by atoms with van der Waals surface area (Å²) in [5.74, 6) is 1.53. The van der Waals surface area contributed by atoms with Crippen LogP contribution in [0.1, 0.15) is 12.5 Å². The van der Waals surface area contributed by atoms with E-state index >= 15 is 0 Å². The van der Waals surface area contributed by atoms with Crippen molar-refractivity contribution in [2.45, 2.75) is 20.0 Å². The Hall–Kier alpha value is -2.69. The van der Waals surface area contributed by atoms with E-state index in [0.717, 1.165) is 30.1 Å². The Bertz CT molecular complexity index is 762. The Labute approximate surface area is 155 Å². The molecule has 0 saturated heterocycles. The molecule has 2 aromatic rings. The number of anilines is 1. The molecule has 5 nitrogen and oxygen atoms in total. The molecule has 0 fully saturated rings. The maximum atomic E-state index is 12.4. The van der Waals surface area contributed by atoms with Gasteiger partial charge in [0.05, 0.1) is 18.8 Å². The number of rotatable bonds is 6. The van der Waals surface area contributed by atoms with Crippen molar-refractivity contribution >= 4 is 11.6 Å². The molecule has 0 bridgehead atoms. The first-order chi connectivity index (χ1) is 12.6. The van der Waals surface area contributed by atoms with Crippen molar-refractivity contribution in [3.8, 4) is 11.5 Å². The minimum absolute atomic E-state index is 0.0285. The van der Waals surface area contributed by atoms with Gasteiger partial charge in [-0.25, -0.2) is 0 Å². The highest BCUT2D eigenvalue weighted by Gasteiger charge is 2.26. The third-order valence-corrected chi connectivity index (χ3v) is 4.56. The lowest BCUT2D eigenvalue weighted by molar-refractivity contribution is -0.133. The minimum atomic E-state index is -0.0583. The second-order valence-corrected chi connectivity index (χ2v) is 6.63. The van der Waals surface area contributed by atoms with Crippen LogP contribution in [-0.2, 0) is 4.79 Å². The largest absolute Gasteiger partial charge is 0.485 e. The number of hydrogen-bond donors (Lipinski definition) is 0. The number of aryl methyl sites for hydroxylation is 1. The molecule has 1 heterocycles. The summed E-state index contributed by atoms with van der Waals surface area (Å²) < 4.78 is 11.7. The van der Waals surface area contributed by atoms with Gasteiger partial charge in [0.2, 0.25) is 0 Å². The standard InChI is InChI=1S/C21H26N2O3/c1-4-23-14-18(26-20-11-6-5-10-19(20)23)13-22(3)21(24)15-25-17-9-7-8-16(2)12-17/h5-12,18H,4,13-15H2,1-3H3/t18-/m1/s1. The number of carbonyl (C=O) groups is 1. The molecule has 0 aromatic heterocycles. The van der Waals surface area contributed by atoms with E-state index in [2.05, 4.69) is 17.9 Å². The quantitative estimate of drug-likeness (QED) is 0.799. The van der Waals surface area contributed by atoms with E-state index in [1.807, 2.05) is 49.4 Å². The number of ether oxygens (including phenoxy) is 2. The molecular formula is C21H26N2O3. The van der Waals surface area contributed by atoms with Gasteiger partial charge in [-0.1, -0.05) is 24.3 Å². The zero-order valence-electron chi connectivity index (χ0n) is 15.6. The van der Waals surface area contributed by atoms with Crippen molar-refractivity contribution in [1.82, 2.24) is 4.90 Å². The van der Waals surface area contributed by atoms with Crippen LogP contribution in [0.2, 0.25) is 0 Å². The first kappa shape index (κ1) is 18.1. The van der Waals surface area contributed by atoms with Gasteiger partial charge in [0, 0.05) is 13.6 Å². The van der Waals surface area contributed by atoms with Crippen LogP contribution >= 0.6 is 0 Å². The topological polar surface area (TPSA) is 42.0 Å². The zero-order chi connectivity index (χ0) is 18.5. The van der Waals surface area contributed by atoms with Crippen LogP contribution in [-0.4, -0.2) is 50.2 Å². The molecule has 0 saturated carbocycles. The summed E-state index contributed by atoms with van der Waals surface area (Å²) in [5.41, 5.74) is 2.22. The summed E-state index contributed by atoms with van der Waals surface area (Å²) in [6, 6.07) is 15.7. The third kappa shape index (κ3) is 4.28. The lowest BCUT2D eigenvalue weighted by Crippen LogP contribution is -2.47. The Kier molecular flexibility index (Phi) is 5.66. The smallest absolute Gasteiger partial charge is 0.260 e. The summed E-state index contributed by atoms with van der Waals surface area (Å²) >= 11 is 0. The van der Waals surface area contributed by atoms with Crippen LogP contribution in [0.3, 0.4) is 0 Å². The molecule has 138 valence electrons. The predicted octanol–water partition coefficient (Wildman–Crippen LogP) is 3.12. The summed E-state index contributed by atoms with van der Waals surface area (Å²) in [5, 5.41) is 0. The highest BCUT2D eigenvalue weighted by molar-refractivity contribution is 5.77. The molecule has 0 radical (unpaired) electrons. The van der Waals surface area contributed by atoms with Crippen molar-refractivity contribution in [2.75, 3.05) is 38.2 Å². The van der Waals surface area contributed by atoms with Gasteiger partial charge >= 0.3 is 0 Å². The molecule has 0 spiro atoms. The van der Waals surface area contributed by atoms with Gasteiger partial charge in [0.15, 0.2) is 6.61 Å². The highest BCUT2D eigenvalue weighted by Crippen LogP contribution is 2.32. The van der Waals surface area contributed by atoms with Gasteiger partial charge in [-0.2, -0.15) is 0 Å². The Balaban J connectivity index is 1.56. The molecule has 26 heavy (non-hydrogen) atoms. The van der Waals surface area contributed by atoms with Gasteiger partial charge in [-0.05, 0) is 43.7 Å². The molecule has 5 heteroatoms. The summed E-state index contributed by atoms with van der Waals surface area (Å²) in [6.45, 7) is 6.36. The lowest BCUT2D eigenvalue weighted by Gasteiger charge is -2.37. The molecule has 1 amide bonds. The van der Waals surface area contributed by atoms with E-state index < -0.39 is 0 Å². The number of para-hydroxylation sites is 2. The van der Waals surface area contributed by atoms with Crippen LogP contribution in [0.15, 0.2) is 48.5 Å². The fraction of sp³-hybridized carbons (Fsp3) is 0.381. The van der Waals surface area contributed by atoms with E-state index in [9.17, 15) is 4.79 Å². The van der Waals surface area contributed by atoms with E-state index in [1.54, 1.807) is 11.9 Å². The minimum Gasteiger partial charge on any atom is -0.485 e. The molecule has 2 aromatic carbocycles. The van der Waals surface area contributed by atoms with Crippen molar-refractivity contribution < 1.29 is 14.3 Å². The fourth-order valence-corrected chi connectivity index (χ4v) is 3.14. The SMILES string of the molecule is CCN1C[C@@H](CN(C)C(=O)COc2cccc(C)c2)Oc2ccccc21. The van der Waals surface area contributed by atoms with E-state index in [1.165, 1.54) is 0 Å². The van der Waals surface area contributed by atoms with Crippen molar-refractivity contribution in [3.05, 3.63) is 54.1 Å². The van der Waals surface area contributed by atoms with Gasteiger partial charge in [0.1, 0.15) is 17.6 Å². The number of benzene rings is 2. The first-order valence-electron chi connectivity index (χ1n) is 9.01. The number of fused-ring (bicyclic) bond motifs is 1. The summed E-state index contributed by atoms with van der Waals surface area (Å²) in [6.07, 6.45) is -0.0576. The van der Waals surface area contributed by atoms with Crippen LogP contribution in [0, 0.1) is 6.92 Å². The van der Waals surface area contributed by atoms with Gasteiger partial charge in [-0.15, -0.1) is 0 Å². The van der Waals surface area contributed by atoms with Gasteiger partial charge in [-0.3, -0.25) is 4.79 Å². The maximum Gasteiger partial charge on any atom is 0.260 e. The van der Waals surface area contributed by atoms with E-state index in [-0.39, 0.29) is 18.6 Å². The van der Waals surface area contributed by atoms with Gasteiger partial charge < -0.3 is 19.3 Å². The average Bonchev–Trinajstić information content (AvgIpc) is 2.65. The van der Waals surface area contributed by atoms with Crippen LogP contribution in [0.25, 0.3) is 0 Å². The molecule has 0 unspecified atom stereocenters. The summed E-state index contributed by atoms with van der Waals surface area (Å²) in [4.78, 5) is 16.4. The molecule has 1 aliphatic rings. The molecule has 1 aliphatic heterocycles. The van der Waals surface area contributed by atoms with Crippen molar-refractivity contribution in [1.29, 1.82) is 0 Å². The van der Waals surface area contributed by atoms with Crippen LogP contribution in [0.5, 0.6) is 11.5 Å². The predicted molar refractivity (Wildman–Crippen MR) is 103 cm³/mol. The third-order valence-electron chi connectivity index (χ3n) is 4.56. The molecule has 0 aliphatic carbocycles. The number of likely N-dealkylation sites (N-methyl/N-ethyl adjacent to an activating group) is 2. The highest BCUT2D eigenvalue weighted by atomic mass is 16.5. The zero-order valence-corrected chi connectivity index (χ0v) is 15.6. The Morgan fingerprint density at radius 3 is 2.85 bits per heavy atom. The molecule has 3 rings (SSSR count). The Morgan fingerprint density at radius 2 is 2.08 bits per heavy atom. The second-order valence-electron chi connectivity index (χ2n) is 6.63. The normalized spacial score (nSPS) is 15.8. The van der Waals surface area contributed by atoms with E-state index in [4.69, 9.17) is 9.47 Å². The lowest BCUT2D eigenvalue weighted by atomic mass is 10.2. The second kappa shape index (κ2) is 8.13. The summed E-state index contributed by atoms with van der Waals surface area (Å²) in [7, 11) is 1.79. The average molecular weight is 354 g/mol. The first-order valence-corrected chi connectivity index (χ1v) is 9.01. The maximum absolute atomic E-state index is 12.4.